The molecule has 1 aromatic carbocycles. The molecule has 4 rings (SSSR count). The lowest BCUT2D eigenvalue weighted by Crippen LogP contribution is -2.29. The first kappa shape index (κ1) is 17.9. The van der Waals surface area contributed by atoms with E-state index in [1.54, 1.807) is 12.4 Å². The Balaban J connectivity index is 1.40. The Morgan fingerprint density at radius 1 is 0.926 bits per heavy atom. The van der Waals surface area contributed by atoms with Crippen LogP contribution >= 0.6 is 11.3 Å². The van der Waals surface area contributed by atoms with E-state index in [9.17, 15) is 4.79 Å². The van der Waals surface area contributed by atoms with E-state index in [1.165, 1.54) is 49.0 Å². The maximum absolute atomic E-state index is 12.5. The normalized spacial score (nSPS) is 14.8. The number of pyridine rings is 1. The Labute approximate surface area is 164 Å². The highest BCUT2D eigenvalue weighted by atomic mass is 32.1. The zero-order chi connectivity index (χ0) is 18.5. The third kappa shape index (κ3) is 4.45. The minimum Gasteiger partial charge on any atom is -0.351 e. The van der Waals surface area contributed by atoms with Crippen LogP contribution in [0.5, 0.6) is 0 Å². The lowest BCUT2D eigenvalue weighted by Gasteiger charge is -2.21. The van der Waals surface area contributed by atoms with Gasteiger partial charge in [0, 0.05) is 18.9 Å². The van der Waals surface area contributed by atoms with Crippen molar-refractivity contribution in [3.8, 4) is 22.3 Å². The van der Waals surface area contributed by atoms with Crippen molar-refractivity contribution in [2.45, 2.75) is 32.1 Å². The van der Waals surface area contributed by atoms with Gasteiger partial charge in [0.05, 0.1) is 4.88 Å². The van der Waals surface area contributed by atoms with Crippen LogP contribution in [0, 0.1) is 5.92 Å². The molecule has 1 amide bonds. The second-order valence-corrected chi connectivity index (χ2v) is 8.14. The molecule has 0 spiro atoms. The fourth-order valence-corrected chi connectivity index (χ4v) is 4.55. The molecule has 2 heterocycles. The minimum absolute atomic E-state index is 0.0604. The van der Waals surface area contributed by atoms with Crippen molar-refractivity contribution in [2.24, 2.45) is 5.92 Å². The molecule has 3 aromatic rings. The summed E-state index contributed by atoms with van der Waals surface area (Å²) in [5, 5.41) is 5.20. The molecule has 2 aromatic heterocycles. The monoisotopic (exact) mass is 376 g/mol. The third-order valence-electron chi connectivity index (χ3n) is 5.33. The van der Waals surface area contributed by atoms with E-state index in [0.29, 0.717) is 5.92 Å². The highest BCUT2D eigenvalue weighted by molar-refractivity contribution is 7.12. The first-order chi connectivity index (χ1) is 13.3. The number of rotatable bonds is 5. The fraction of sp³-hybridized carbons (Fsp3) is 0.304. The van der Waals surface area contributed by atoms with Crippen LogP contribution in [-0.2, 0) is 0 Å². The molecule has 1 fully saturated rings. The van der Waals surface area contributed by atoms with Crippen molar-refractivity contribution in [3.63, 3.8) is 0 Å². The zero-order valence-electron chi connectivity index (χ0n) is 15.4. The number of amides is 1. The van der Waals surface area contributed by atoms with Crippen LogP contribution in [-0.4, -0.2) is 17.4 Å². The first-order valence-corrected chi connectivity index (χ1v) is 10.5. The molecule has 4 heteroatoms. The van der Waals surface area contributed by atoms with Crippen LogP contribution < -0.4 is 5.32 Å². The molecule has 0 unspecified atom stereocenters. The lowest BCUT2D eigenvalue weighted by atomic mass is 9.89. The van der Waals surface area contributed by atoms with Crippen molar-refractivity contribution < 1.29 is 4.79 Å². The van der Waals surface area contributed by atoms with Crippen LogP contribution in [0.4, 0.5) is 0 Å². The SMILES string of the molecule is O=C(NCC1CCCCC1)c1cc(-c2ccc(-c3ccncc3)cc2)cs1. The fourth-order valence-electron chi connectivity index (χ4n) is 3.72. The van der Waals surface area contributed by atoms with Crippen molar-refractivity contribution in [3.05, 3.63) is 65.1 Å². The summed E-state index contributed by atoms with van der Waals surface area (Å²) in [6, 6.07) is 14.5. The second kappa shape index (κ2) is 8.49. The summed E-state index contributed by atoms with van der Waals surface area (Å²) in [6.07, 6.45) is 10.1. The quantitative estimate of drug-likeness (QED) is 0.612. The van der Waals surface area contributed by atoms with E-state index in [4.69, 9.17) is 0 Å². The van der Waals surface area contributed by atoms with Gasteiger partial charge in [0.25, 0.3) is 5.91 Å². The van der Waals surface area contributed by atoms with E-state index in [-0.39, 0.29) is 5.91 Å². The van der Waals surface area contributed by atoms with Gasteiger partial charge in [0.2, 0.25) is 0 Å². The molecule has 27 heavy (non-hydrogen) atoms. The molecule has 0 saturated heterocycles. The molecule has 0 aliphatic heterocycles. The Kier molecular flexibility index (Phi) is 5.64. The number of carbonyl (C=O) groups is 1. The van der Waals surface area contributed by atoms with Gasteiger partial charge < -0.3 is 5.32 Å². The maximum atomic E-state index is 12.5. The van der Waals surface area contributed by atoms with Gasteiger partial charge in [-0.05, 0) is 64.6 Å². The molecule has 0 bridgehead atoms. The molecule has 1 saturated carbocycles. The predicted octanol–water partition coefficient (Wildman–Crippen LogP) is 5.79. The van der Waals surface area contributed by atoms with Gasteiger partial charge in [-0.15, -0.1) is 11.3 Å². The van der Waals surface area contributed by atoms with Crippen LogP contribution in [0.15, 0.2) is 60.2 Å². The van der Waals surface area contributed by atoms with Gasteiger partial charge in [-0.3, -0.25) is 9.78 Å². The molecule has 1 aliphatic carbocycles. The maximum Gasteiger partial charge on any atom is 0.261 e. The number of hydrogen-bond acceptors (Lipinski definition) is 3. The Morgan fingerprint density at radius 3 is 2.26 bits per heavy atom. The van der Waals surface area contributed by atoms with Crippen LogP contribution in [0.25, 0.3) is 22.3 Å². The van der Waals surface area contributed by atoms with Gasteiger partial charge in [0.1, 0.15) is 0 Å². The summed E-state index contributed by atoms with van der Waals surface area (Å²) in [5.41, 5.74) is 4.56. The second-order valence-electron chi connectivity index (χ2n) is 7.23. The summed E-state index contributed by atoms with van der Waals surface area (Å²) in [6.45, 7) is 0.812. The van der Waals surface area contributed by atoms with Crippen LogP contribution in [0.3, 0.4) is 0 Å². The Morgan fingerprint density at radius 2 is 1.56 bits per heavy atom. The average Bonchev–Trinajstić information content (AvgIpc) is 3.24. The number of hydrogen-bond donors (Lipinski definition) is 1. The van der Waals surface area contributed by atoms with Gasteiger partial charge in [-0.1, -0.05) is 43.5 Å². The number of carbonyl (C=O) groups excluding carboxylic acids is 1. The van der Waals surface area contributed by atoms with E-state index in [1.807, 2.05) is 18.2 Å². The van der Waals surface area contributed by atoms with E-state index < -0.39 is 0 Å². The molecule has 138 valence electrons. The van der Waals surface area contributed by atoms with E-state index in [2.05, 4.69) is 39.9 Å². The summed E-state index contributed by atoms with van der Waals surface area (Å²) in [5.74, 6) is 0.716. The summed E-state index contributed by atoms with van der Waals surface area (Å²) in [4.78, 5) is 17.3. The van der Waals surface area contributed by atoms with Gasteiger partial charge in [-0.2, -0.15) is 0 Å². The van der Waals surface area contributed by atoms with Crippen molar-refractivity contribution >= 4 is 17.2 Å². The number of nitrogens with one attached hydrogen (secondary N) is 1. The molecular weight excluding hydrogens is 352 g/mol. The number of thiophene rings is 1. The molecule has 1 aliphatic rings. The minimum atomic E-state index is 0.0604. The molecule has 3 nitrogen and oxygen atoms in total. The zero-order valence-corrected chi connectivity index (χ0v) is 16.2. The molecule has 1 N–H and O–H groups in total. The number of benzene rings is 1. The predicted molar refractivity (Wildman–Crippen MR) is 112 cm³/mol. The first-order valence-electron chi connectivity index (χ1n) is 9.67. The van der Waals surface area contributed by atoms with E-state index in [0.717, 1.165) is 28.1 Å². The highest BCUT2D eigenvalue weighted by Gasteiger charge is 2.16. The molecular formula is C23H24N2OS. The Bertz CT molecular complexity index is 880. The number of nitrogens with zero attached hydrogens (tertiary/aromatic N) is 1. The average molecular weight is 377 g/mol. The molecule has 0 atom stereocenters. The topological polar surface area (TPSA) is 42.0 Å². The highest BCUT2D eigenvalue weighted by Crippen LogP contribution is 2.28. The number of aromatic nitrogens is 1. The van der Waals surface area contributed by atoms with Crippen molar-refractivity contribution in [2.75, 3.05) is 6.54 Å². The summed E-state index contributed by atoms with van der Waals surface area (Å²) >= 11 is 1.52. The van der Waals surface area contributed by atoms with Gasteiger partial charge in [0.15, 0.2) is 0 Å². The largest absolute Gasteiger partial charge is 0.351 e. The van der Waals surface area contributed by atoms with Gasteiger partial charge in [-0.25, -0.2) is 0 Å². The standard InChI is InChI=1S/C23H24N2OS/c26-23(25-15-17-4-2-1-3-5-17)22-14-21(16-27-22)19-8-6-18(7-9-19)20-10-12-24-13-11-20/h6-14,16-17H,1-5,15H2,(H,25,26). The smallest absolute Gasteiger partial charge is 0.261 e. The van der Waals surface area contributed by atoms with E-state index >= 15 is 0 Å². The third-order valence-corrected chi connectivity index (χ3v) is 6.26. The lowest BCUT2D eigenvalue weighted by molar-refractivity contribution is 0.0947. The summed E-state index contributed by atoms with van der Waals surface area (Å²) in [7, 11) is 0. The summed E-state index contributed by atoms with van der Waals surface area (Å²) < 4.78 is 0. The Hall–Kier alpha value is -2.46. The van der Waals surface area contributed by atoms with Gasteiger partial charge >= 0.3 is 0 Å². The van der Waals surface area contributed by atoms with Crippen LogP contribution in [0.1, 0.15) is 41.8 Å². The van der Waals surface area contributed by atoms with Crippen LogP contribution in [0.2, 0.25) is 0 Å². The molecule has 0 radical (unpaired) electrons. The van der Waals surface area contributed by atoms with Crippen molar-refractivity contribution in [1.29, 1.82) is 0 Å². The van der Waals surface area contributed by atoms with Crippen molar-refractivity contribution in [1.82, 2.24) is 10.3 Å².